The summed E-state index contributed by atoms with van der Waals surface area (Å²) in [6, 6.07) is 1.09. The summed E-state index contributed by atoms with van der Waals surface area (Å²) in [5, 5.41) is 31.2. The van der Waals surface area contributed by atoms with Crippen LogP contribution in [-0.4, -0.2) is 52.5 Å². The van der Waals surface area contributed by atoms with E-state index in [1.165, 1.54) is 21.0 Å². The van der Waals surface area contributed by atoms with Gasteiger partial charge in [0.1, 0.15) is 29.8 Å². The van der Waals surface area contributed by atoms with Crippen molar-refractivity contribution in [3.63, 3.8) is 0 Å². The fourth-order valence-electron chi connectivity index (χ4n) is 3.57. The van der Waals surface area contributed by atoms with E-state index >= 15 is 0 Å². The Balaban J connectivity index is 1.94. The molecular formula is C22H24O8. The highest BCUT2D eigenvalue weighted by molar-refractivity contribution is 6.05. The second kappa shape index (κ2) is 7.87. The summed E-state index contributed by atoms with van der Waals surface area (Å²) >= 11 is 0. The molecule has 0 fully saturated rings. The van der Waals surface area contributed by atoms with Gasteiger partial charge in [-0.05, 0) is 38.5 Å². The van der Waals surface area contributed by atoms with Crippen molar-refractivity contribution in [1.29, 1.82) is 0 Å². The molecule has 0 spiro atoms. The normalized spacial score (nSPS) is 23.7. The number of allylic oxidation sites excluding steroid dienone is 3. The fraction of sp³-hybridized carbons (Fsp3) is 0.364. The van der Waals surface area contributed by atoms with Gasteiger partial charge in [-0.1, -0.05) is 6.08 Å². The van der Waals surface area contributed by atoms with Crippen LogP contribution in [0, 0.1) is 6.92 Å². The first-order valence-electron chi connectivity index (χ1n) is 9.38. The molecule has 3 N–H and O–H groups in total. The maximum absolute atomic E-state index is 12.8. The third kappa shape index (κ3) is 3.54. The average molecular weight is 416 g/mol. The molecule has 0 saturated heterocycles. The zero-order chi connectivity index (χ0) is 22.2. The van der Waals surface area contributed by atoms with Crippen LogP contribution in [0.2, 0.25) is 0 Å². The number of benzene rings is 1. The number of hydrogen-bond acceptors (Lipinski definition) is 8. The Bertz CT molecular complexity index is 997. The number of ether oxygens (including phenoxy) is 3. The van der Waals surface area contributed by atoms with Gasteiger partial charge in [0.2, 0.25) is 0 Å². The molecule has 1 aliphatic carbocycles. The first kappa shape index (κ1) is 21.4. The van der Waals surface area contributed by atoms with E-state index in [0.29, 0.717) is 16.9 Å². The molecule has 8 nitrogen and oxygen atoms in total. The molecule has 0 saturated carbocycles. The number of aromatic hydroxyl groups is 2. The lowest BCUT2D eigenvalue weighted by Crippen LogP contribution is -2.53. The second-order valence-electron chi connectivity index (χ2n) is 7.36. The van der Waals surface area contributed by atoms with E-state index < -0.39 is 29.2 Å². The van der Waals surface area contributed by atoms with Crippen molar-refractivity contribution < 1.29 is 39.1 Å². The minimum atomic E-state index is -1.97. The molecule has 1 heterocycles. The van der Waals surface area contributed by atoms with Crippen molar-refractivity contribution >= 4 is 11.8 Å². The molecule has 2 aliphatic rings. The van der Waals surface area contributed by atoms with Crippen molar-refractivity contribution in [3.05, 3.63) is 52.3 Å². The highest BCUT2D eigenvalue weighted by Gasteiger charge is 2.48. The highest BCUT2D eigenvalue weighted by atomic mass is 16.6. The number of phenols is 2. The van der Waals surface area contributed by atoms with Crippen molar-refractivity contribution in [2.75, 3.05) is 13.7 Å². The van der Waals surface area contributed by atoms with Crippen LogP contribution >= 0.6 is 0 Å². The summed E-state index contributed by atoms with van der Waals surface area (Å²) in [5.41, 5.74) is -1.24. The molecular weight excluding hydrogens is 392 g/mol. The van der Waals surface area contributed by atoms with Gasteiger partial charge in [-0.3, -0.25) is 4.79 Å². The Morgan fingerprint density at radius 3 is 2.70 bits per heavy atom. The Morgan fingerprint density at radius 2 is 2.07 bits per heavy atom. The lowest BCUT2D eigenvalue weighted by atomic mass is 9.77. The van der Waals surface area contributed by atoms with E-state index in [1.807, 2.05) is 6.92 Å². The summed E-state index contributed by atoms with van der Waals surface area (Å²) in [4.78, 5) is 25.6. The topological polar surface area (TPSA) is 123 Å². The van der Waals surface area contributed by atoms with E-state index in [9.17, 15) is 24.9 Å². The second-order valence-corrected chi connectivity index (χ2v) is 7.36. The summed E-state index contributed by atoms with van der Waals surface area (Å²) in [6.45, 7) is 4.55. The maximum atomic E-state index is 12.8. The minimum absolute atomic E-state index is 0.0000363. The summed E-state index contributed by atoms with van der Waals surface area (Å²) in [7, 11) is 1.31. The highest BCUT2D eigenvalue weighted by Crippen LogP contribution is 2.40. The first-order chi connectivity index (χ1) is 14.1. The largest absolute Gasteiger partial charge is 0.507 e. The number of phenolic OH excluding ortho intramolecular Hbond substituents is 2. The van der Waals surface area contributed by atoms with Gasteiger partial charge in [0.15, 0.2) is 22.9 Å². The van der Waals surface area contributed by atoms with Gasteiger partial charge in [0.05, 0.1) is 7.11 Å². The third-order valence-corrected chi connectivity index (χ3v) is 5.35. The van der Waals surface area contributed by atoms with Gasteiger partial charge >= 0.3 is 5.97 Å². The molecule has 0 unspecified atom stereocenters. The zero-order valence-corrected chi connectivity index (χ0v) is 17.2. The van der Waals surface area contributed by atoms with Crippen LogP contribution in [0.5, 0.6) is 17.2 Å². The first-order valence-corrected chi connectivity index (χ1v) is 9.38. The van der Waals surface area contributed by atoms with Gasteiger partial charge in [-0.25, -0.2) is 4.79 Å². The van der Waals surface area contributed by atoms with Crippen LogP contribution in [0.3, 0.4) is 0 Å². The standard InChI is InChI=1S/C22H24O8/c1-5-6-13-7-12-8-17(22(3,27)20(25)14(12)10-29-13)30-21(26)18-11(2)19(24)16(28-4)9-15(18)23/h5-7,9,17,23-24,27H,8,10H2,1-4H3/b6-5+/t17-,22-/m1/s1. The molecule has 0 amide bonds. The molecule has 1 aromatic carbocycles. The number of carbonyl (C=O) groups is 2. The zero-order valence-electron chi connectivity index (χ0n) is 17.2. The number of ketones is 1. The third-order valence-electron chi connectivity index (χ3n) is 5.35. The average Bonchev–Trinajstić information content (AvgIpc) is 2.69. The monoisotopic (exact) mass is 416 g/mol. The Morgan fingerprint density at radius 1 is 1.37 bits per heavy atom. The van der Waals surface area contributed by atoms with Crippen LogP contribution in [0.4, 0.5) is 0 Å². The van der Waals surface area contributed by atoms with Gasteiger partial charge in [0, 0.05) is 23.6 Å². The predicted molar refractivity (Wildman–Crippen MR) is 106 cm³/mol. The number of carbonyl (C=O) groups excluding carboxylic acids is 2. The van der Waals surface area contributed by atoms with Crippen LogP contribution < -0.4 is 4.74 Å². The molecule has 0 bridgehead atoms. The number of rotatable bonds is 4. The lowest BCUT2D eigenvalue weighted by Gasteiger charge is -2.38. The molecule has 160 valence electrons. The molecule has 8 heteroatoms. The number of Topliss-reactive ketones (excluding diaryl/α,β-unsaturated/α-hetero) is 1. The van der Waals surface area contributed by atoms with Crippen LogP contribution in [-0.2, 0) is 14.3 Å². The quantitative estimate of drug-likeness (QED) is 0.505. The molecule has 30 heavy (non-hydrogen) atoms. The van der Waals surface area contributed by atoms with Crippen LogP contribution in [0.1, 0.15) is 36.2 Å². The van der Waals surface area contributed by atoms with E-state index in [4.69, 9.17) is 14.2 Å². The SMILES string of the molecule is C/C=C/C1=CC2=C(CO1)C(=O)[C@](C)(O)[C@H](OC(=O)c1c(O)cc(OC)c(O)c1C)C2. The molecule has 1 aliphatic heterocycles. The summed E-state index contributed by atoms with van der Waals surface area (Å²) < 4.78 is 15.9. The van der Waals surface area contributed by atoms with Gasteiger partial charge in [0.25, 0.3) is 0 Å². The van der Waals surface area contributed by atoms with Gasteiger partial charge < -0.3 is 29.5 Å². The summed E-state index contributed by atoms with van der Waals surface area (Å²) in [5.74, 6) is -1.77. The Labute approximate surface area is 173 Å². The maximum Gasteiger partial charge on any atom is 0.342 e. The number of hydrogen-bond donors (Lipinski definition) is 3. The molecule has 3 rings (SSSR count). The Hall–Kier alpha value is -3.26. The summed E-state index contributed by atoms with van der Waals surface area (Å²) in [6.07, 6.45) is 4.10. The van der Waals surface area contributed by atoms with E-state index in [2.05, 4.69) is 0 Å². The van der Waals surface area contributed by atoms with E-state index in [1.54, 1.807) is 18.2 Å². The van der Waals surface area contributed by atoms with Crippen molar-refractivity contribution in [2.24, 2.45) is 0 Å². The van der Waals surface area contributed by atoms with E-state index in [-0.39, 0.29) is 35.7 Å². The minimum Gasteiger partial charge on any atom is -0.507 e. The number of aliphatic hydroxyl groups is 1. The molecule has 1 aromatic rings. The predicted octanol–water partition coefficient (Wildman–Crippen LogP) is 2.45. The Kier molecular flexibility index (Phi) is 5.63. The fourth-order valence-corrected chi connectivity index (χ4v) is 3.57. The van der Waals surface area contributed by atoms with Crippen molar-refractivity contribution in [2.45, 2.75) is 38.9 Å². The van der Waals surface area contributed by atoms with Gasteiger partial charge in [-0.15, -0.1) is 0 Å². The van der Waals surface area contributed by atoms with Crippen molar-refractivity contribution in [1.82, 2.24) is 0 Å². The van der Waals surface area contributed by atoms with E-state index in [0.717, 1.165) is 6.07 Å². The number of methoxy groups -OCH3 is 1. The molecule has 2 atom stereocenters. The van der Waals surface area contributed by atoms with Crippen LogP contribution in [0.25, 0.3) is 0 Å². The molecule has 0 radical (unpaired) electrons. The number of esters is 1. The van der Waals surface area contributed by atoms with Gasteiger partial charge in [-0.2, -0.15) is 0 Å². The van der Waals surface area contributed by atoms with Crippen molar-refractivity contribution in [3.8, 4) is 17.2 Å². The lowest BCUT2D eigenvalue weighted by molar-refractivity contribution is -0.146. The smallest absolute Gasteiger partial charge is 0.342 e. The van der Waals surface area contributed by atoms with Crippen LogP contribution in [0.15, 0.2) is 41.2 Å². The molecule has 0 aromatic heterocycles.